The van der Waals surface area contributed by atoms with Crippen LogP contribution in [0.4, 0.5) is 0 Å². The molecule has 0 aromatic rings. The number of carbonyl (C=O) groups is 1. The zero-order valence-corrected chi connectivity index (χ0v) is 9.07. The van der Waals surface area contributed by atoms with Crippen molar-refractivity contribution in [2.75, 3.05) is 18.1 Å². The fraction of sp³-hybridized carbons (Fsp3) is 0.900. The van der Waals surface area contributed by atoms with E-state index in [1.165, 1.54) is 6.42 Å². The molecule has 1 unspecified atom stereocenters. The summed E-state index contributed by atoms with van der Waals surface area (Å²) in [6.07, 6.45) is 3.97. The van der Waals surface area contributed by atoms with Crippen LogP contribution in [0.3, 0.4) is 0 Å². The molecule has 1 saturated heterocycles. The van der Waals surface area contributed by atoms with E-state index in [0.717, 1.165) is 31.0 Å². The van der Waals surface area contributed by atoms with Gasteiger partial charge in [-0.2, -0.15) is 11.8 Å². The molecule has 1 atom stereocenters. The van der Waals surface area contributed by atoms with Crippen LogP contribution in [0, 0.1) is 0 Å². The molecule has 0 amide bonds. The van der Waals surface area contributed by atoms with E-state index in [0.29, 0.717) is 12.2 Å². The van der Waals surface area contributed by atoms with Crippen LogP contribution in [-0.2, 0) is 9.53 Å². The molecule has 0 aromatic carbocycles. The molecule has 3 heteroatoms. The lowest BCUT2D eigenvalue weighted by atomic mass is 10.1. The van der Waals surface area contributed by atoms with Crippen LogP contribution < -0.4 is 0 Å². The van der Waals surface area contributed by atoms with Crippen LogP contribution in [0.2, 0.25) is 0 Å². The summed E-state index contributed by atoms with van der Waals surface area (Å²) in [5, 5.41) is 0. The lowest BCUT2D eigenvalue weighted by Crippen LogP contribution is -2.31. The first-order valence-corrected chi connectivity index (χ1v) is 6.22. The second kappa shape index (κ2) is 6.44. The first-order chi connectivity index (χ1) is 6.34. The van der Waals surface area contributed by atoms with Crippen molar-refractivity contribution in [2.24, 2.45) is 0 Å². The summed E-state index contributed by atoms with van der Waals surface area (Å²) in [5.41, 5.74) is 0. The lowest BCUT2D eigenvalue weighted by Gasteiger charge is -2.20. The molecule has 76 valence electrons. The highest BCUT2D eigenvalue weighted by molar-refractivity contribution is 7.99. The van der Waals surface area contributed by atoms with Gasteiger partial charge in [0.05, 0.1) is 6.61 Å². The van der Waals surface area contributed by atoms with Crippen molar-refractivity contribution in [3.63, 3.8) is 0 Å². The molecule has 1 rings (SSSR count). The predicted molar refractivity (Wildman–Crippen MR) is 56.2 cm³/mol. The van der Waals surface area contributed by atoms with E-state index in [9.17, 15) is 4.79 Å². The average molecular weight is 202 g/mol. The summed E-state index contributed by atoms with van der Waals surface area (Å²) in [5.74, 6) is 2.21. The Morgan fingerprint density at radius 2 is 2.38 bits per heavy atom. The van der Waals surface area contributed by atoms with Gasteiger partial charge in [0.1, 0.15) is 6.10 Å². The number of hydrogen-bond acceptors (Lipinski definition) is 3. The second-order valence-electron chi connectivity index (χ2n) is 3.36. The highest BCUT2D eigenvalue weighted by Gasteiger charge is 2.21. The molecular weight excluding hydrogens is 184 g/mol. The third kappa shape index (κ3) is 4.14. The van der Waals surface area contributed by atoms with E-state index in [1.807, 2.05) is 11.8 Å². The lowest BCUT2D eigenvalue weighted by molar-refractivity contribution is -0.129. The van der Waals surface area contributed by atoms with Crippen LogP contribution in [0.5, 0.6) is 0 Å². The monoisotopic (exact) mass is 202 g/mol. The predicted octanol–water partition coefficient (Wildman–Crippen LogP) is 2.27. The van der Waals surface area contributed by atoms with Gasteiger partial charge in [-0.25, -0.2) is 0 Å². The summed E-state index contributed by atoms with van der Waals surface area (Å²) in [6.45, 7) is 2.90. The van der Waals surface area contributed by atoms with Crippen molar-refractivity contribution in [3.8, 4) is 0 Å². The molecule has 13 heavy (non-hydrogen) atoms. The summed E-state index contributed by atoms with van der Waals surface area (Å²) < 4.78 is 5.40. The molecule has 0 aliphatic carbocycles. The van der Waals surface area contributed by atoms with Crippen LogP contribution in [-0.4, -0.2) is 30.0 Å². The van der Waals surface area contributed by atoms with E-state index in [2.05, 4.69) is 6.92 Å². The highest BCUT2D eigenvalue weighted by atomic mass is 32.2. The Bertz CT molecular complexity index is 153. The van der Waals surface area contributed by atoms with E-state index in [-0.39, 0.29) is 6.10 Å². The van der Waals surface area contributed by atoms with Crippen molar-refractivity contribution in [3.05, 3.63) is 0 Å². The number of hydrogen-bond donors (Lipinski definition) is 0. The first kappa shape index (κ1) is 11.1. The van der Waals surface area contributed by atoms with Crippen molar-refractivity contribution < 1.29 is 9.53 Å². The van der Waals surface area contributed by atoms with Gasteiger partial charge >= 0.3 is 0 Å². The average Bonchev–Trinajstić information content (AvgIpc) is 2.19. The number of unbranched alkanes of at least 4 members (excludes halogenated alkanes) is 2. The summed E-state index contributed by atoms with van der Waals surface area (Å²) >= 11 is 1.82. The summed E-state index contributed by atoms with van der Waals surface area (Å²) in [7, 11) is 0. The van der Waals surface area contributed by atoms with Gasteiger partial charge in [0, 0.05) is 17.9 Å². The van der Waals surface area contributed by atoms with Gasteiger partial charge in [0.25, 0.3) is 0 Å². The molecule has 1 fully saturated rings. The number of ether oxygens (including phenoxy) is 1. The van der Waals surface area contributed by atoms with E-state index >= 15 is 0 Å². The molecule has 0 aromatic heterocycles. The number of rotatable bonds is 5. The highest BCUT2D eigenvalue weighted by Crippen LogP contribution is 2.15. The fourth-order valence-electron chi connectivity index (χ4n) is 1.38. The Balaban J connectivity index is 2.13. The standard InChI is InChI=1S/C10H18O2S/c1-2-3-4-5-9(11)10-8-13-7-6-12-10/h10H,2-8H2,1H3. The quantitative estimate of drug-likeness (QED) is 0.640. The van der Waals surface area contributed by atoms with Gasteiger partial charge in [-0.1, -0.05) is 19.8 Å². The molecule has 1 aliphatic heterocycles. The maximum absolute atomic E-state index is 11.5. The Morgan fingerprint density at radius 1 is 1.54 bits per heavy atom. The number of carbonyl (C=O) groups excluding carboxylic acids is 1. The number of Topliss-reactive ketones (excluding diaryl/α,β-unsaturated/α-hetero) is 1. The molecule has 0 N–H and O–H groups in total. The Morgan fingerprint density at radius 3 is 3.00 bits per heavy atom. The van der Waals surface area contributed by atoms with Gasteiger partial charge in [0.15, 0.2) is 5.78 Å². The minimum atomic E-state index is -0.101. The Hall–Kier alpha value is -0.0200. The molecular formula is C10H18O2S. The van der Waals surface area contributed by atoms with E-state index in [1.54, 1.807) is 0 Å². The topological polar surface area (TPSA) is 26.3 Å². The van der Waals surface area contributed by atoms with Gasteiger partial charge in [-0.05, 0) is 6.42 Å². The van der Waals surface area contributed by atoms with E-state index < -0.39 is 0 Å². The molecule has 0 saturated carbocycles. The van der Waals surface area contributed by atoms with Gasteiger partial charge in [-0.15, -0.1) is 0 Å². The largest absolute Gasteiger partial charge is 0.369 e. The molecule has 0 spiro atoms. The summed E-state index contributed by atoms with van der Waals surface area (Å²) in [6, 6.07) is 0. The fourth-order valence-corrected chi connectivity index (χ4v) is 2.26. The van der Waals surface area contributed by atoms with Crippen LogP contribution in [0.1, 0.15) is 32.6 Å². The molecule has 2 nitrogen and oxygen atoms in total. The van der Waals surface area contributed by atoms with E-state index in [4.69, 9.17) is 4.74 Å². The normalized spacial score (nSPS) is 23.0. The molecule has 1 aliphatic rings. The third-order valence-corrected chi connectivity index (χ3v) is 3.20. The third-order valence-electron chi connectivity index (χ3n) is 2.20. The molecule has 0 bridgehead atoms. The van der Waals surface area contributed by atoms with Crippen molar-refractivity contribution >= 4 is 17.5 Å². The Labute approximate surface area is 84.4 Å². The van der Waals surface area contributed by atoms with Crippen LogP contribution in [0.25, 0.3) is 0 Å². The van der Waals surface area contributed by atoms with Crippen molar-refractivity contribution in [1.29, 1.82) is 0 Å². The van der Waals surface area contributed by atoms with Crippen molar-refractivity contribution in [2.45, 2.75) is 38.7 Å². The first-order valence-electron chi connectivity index (χ1n) is 5.06. The smallest absolute Gasteiger partial charge is 0.162 e. The zero-order valence-electron chi connectivity index (χ0n) is 8.25. The number of thioether (sulfide) groups is 1. The van der Waals surface area contributed by atoms with Crippen LogP contribution >= 0.6 is 11.8 Å². The van der Waals surface area contributed by atoms with Gasteiger partial charge in [-0.3, -0.25) is 4.79 Å². The van der Waals surface area contributed by atoms with Crippen LogP contribution in [0.15, 0.2) is 0 Å². The zero-order chi connectivity index (χ0) is 9.52. The van der Waals surface area contributed by atoms with Crippen molar-refractivity contribution in [1.82, 2.24) is 0 Å². The maximum Gasteiger partial charge on any atom is 0.162 e. The van der Waals surface area contributed by atoms with Gasteiger partial charge in [0.2, 0.25) is 0 Å². The Kier molecular flexibility index (Phi) is 5.47. The second-order valence-corrected chi connectivity index (χ2v) is 4.51. The minimum absolute atomic E-state index is 0.101. The van der Waals surface area contributed by atoms with Gasteiger partial charge < -0.3 is 4.74 Å². The molecule has 1 heterocycles. The minimum Gasteiger partial charge on any atom is -0.369 e. The maximum atomic E-state index is 11.5. The molecule has 0 radical (unpaired) electrons. The summed E-state index contributed by atoms with van der Waals surface area (Å²) in [4.78, 5) is 11.5. The SMILES string of the molecule is CCCCCC(=O)C1CSCCO1. The number of ketones is 1.